The Bertz CT molecular complexity index is 683. The topological polar surface area (TPSA) is 55.8 Å². The molecule has 2 rings (SSSR count). The SMILES string of the molecule is COc1cc(/C=C(/C(=O)O)c2ccc(Cl)cc2)cc(OC)c1. The van der Waals surface area contributed by atoms with Crippen LogP contribution in [0, 0.1) is 0 Å². The van der Waals surface area contributed by atoms with Crippen LogP contribution in [0.15, 0.2) is 42.5 Å². The van der Waals surface area contributed by atoms with Crippen LogP contribution in [-0.2, 0) is 4.79 Å². The second-order valence-electron chi connectivity index (χ2n) is 4.52. The molecule has 0 atom stereocenters. The highest BCUT2D eigenvalue weighted by Gasteiger charge is 2.11. The molecule has 0 amide bonds. The van der Waals surface area contributed by atoms with Crippen LogP contribution in [0.2, 0.25) is 5.02 Å². The fourth-order valence-corrected chi connectivity index (χ4v) is 2.10. The zero-order valence-corrected chi connectivity index (χ0v) is 12.9. The average Bonchev–Trinajstić information content (AvgIpc) is 2.53. The summed E-state index contributed by atoms with van der Waals surface area (Å²) in [7, 11) is 3.08. The summed E-state index contributed by atoms with van der Waals surface area (Å²) in [6, 6.07) is 11.8. The molecule has 0 aromatic heterocycles. The summed E-state index contributed by atoms with van der Waals surface area (Å²) in [4.78, 5) is 11.5. The maximum Gasteiger partial charge on any atom is 0.336 e. The van der Waals surface area contributed by atoms with Crippen LogP contribution in [0.1, 0.15) is 11.1 Å². The number of carbonyl (C=O) groups is 1. The molecule has 22 heavy (non-hydrogen) atoms. The molecule has 2 aromatic carbocycles. The molecule has 0 aliphatic heterocycles. The Morgan fingerprint density at radius 3 is 2.05 bits per heavy atom. The summed E-state index contributed by atoms with van der Waals surface area (Å²) in [6.45, 7) is 0. The highest BCUT2D eigenvalue weighted by atomic mass is 35.5. The van der Waals surface area contributed by atoms with Crippen molar-refractivity contribution in [2.24, 2.45) is 0 Å². The molecule has 0 fully saturated rings. The van der Waals surface area contributed by atoms with E-state index in [9.17, 15) is 9.90 Å². The smallest absolute Gasteiger partial charge is 0.336 e. The Balaban J connectivity index is 2.50. The van der Waals surface area contributed by atoms with Crippen LogP contribution in [0.25, 0.3) is 11.6 Å². The number of rotatable bonds is 5. The predicted octanol–water partition coefficient (Wildman–Crippen LogP) is 3.98. The van der Waals surface area contributed by atoms with Gasteiger partial charge in [-0.15, -0.1) is 0 Å². The molecule has 0 saturated carbocycles. The lowest BCUT2D eigenvalue weighted by Gasteiger charge is -2.08. The molecule has 0 heterocycles. The average molecular weight is 319 g/mol. The Labute approximate surface area is 133 Å². The van der Waals surface area contributed by atoms with E-state index < -0.39 is 5.97 Å². The van der Waals surface area contributed by atoms with Crippen LogP contribution in [0.4, 0.5) is 0 Å². The molecule has 0 radical (unpaired) electrons. The third kappa shape index (κ3) is 3.80. The van der Waals surface area contributed by atoms with Gasteiger partial charge >= 0.3 is 5.97 Å². The molecule has 114 valence electrons. The number of benzene rings is 2. The summed E-state index contributed by atoms with van der Waals surface area (Å²) in [5.74, 6) is 0.155. The maximum absolute atomic E-state index is 11.5. The van der Waals surface area contributed by atoms with Gasteiger partial charge in [0.25, 0.3) is 0 Å². The Hall–Kier alpha value is -2.46. The van der Waals surface area contributed by atoms with Crippen LogP contribution in [-0.4, -0.2) is 25.3 Å². The summed E-state index contributed by atoms with van der Waals surface area (Å²) in [6.07, 6.45) is 1.57. The molecule has 2 aromatic rings. The first-order valence-corrected chi connectivity index (χ1v) is 6.85. The zero-order valence-electron chi connectivity index (χ0n) is 12.2. The molecular formula is C17H15ClO4. The van der Waals surface area contributed by atoms with Crippen molar-refractivity contribution in [3.63, 3.8) is 0 Å². The van der Waals surface area contributed by atoms with Crippen LogP contribution in [0.3, 0.4) is 0 Å². The van der Waals surface area contributed by atoms with Gasteiger partial charge in [-0.3, -0.25) is 0 Å². The minimum atomic E-state index is -1.02. The molecule has 0 bridgehead atoms. The second-order valence-corrected chi connectivity index (χ2v) is 4.95. The summed E-state index contributed by atoms with van der Waals surface area (Å²) < 4.78 is 10.4. The molecule has 0 aliphatic carbocycles. The van der Waals surface area contributed by atoms with Gasteiger partial charge in [0.05, 0.1) is 19.8 Å². The van der Waals surface area contributed by atoms with Gasteiger partial charge in [-0.1, -0.05) is 23.7 Å². The number of halogens is 1. The van der Waals surface area contributed by atoms with Gasteiger partial charge in [0.2, 0.25) is 0 Å². The third-order valence-electron chi connectivity index (χ3n) is 3.07. The van der Waals surface area contributed by atoms with Crippen molar-refractivity contribution >= 4 is 29.2 Å². The number of carboxylic acid groups (broad SMARTS) is 1. The van der Waals surface area contributed by atoms with Gasteiger partial charge in [-0.2, -0.15) is 0 Å². The second kappa shape index (κ2) is 7.00. The van der Waals surface area contributed by atoms with Gasteiger partial charge in [-0.25, -0.2) is 4.79 Å². The lowest BCUT2D eigenvalue weighted by Crippen LogP contribution is -1.99. The fraction of sp³-hybridized carbons (Fsp3) is 0.118. The normalized spacial score (nSPS) is 11.1. The van der Waals surface area contributed by atoms with E-state index in [1.54, 1.807) is 62.8 Å². The highest BCUT2D eigenvalue weighted by Crippen LogP contribution is 2.26. The molecule has 4 nitrogen and oxygen atoms in total. The van der Waals surface area contributed by atoms with Crippen molar-refractivity contribution in [3.8, 4) is 11.5 Å². The van der Waals surface area contributed by atoms with Gasteiger partial charge in [0.15, 0.2) is 0 Å². The van der Waals surface area contributed by atoms with Gasteiger partial charge < -0.3 is 14.6 Å². The first kappa shape index (κ1) is 15.9. The van der Waals surface area contributed by atoms with Gasteiger partial charge in [0, 0.05) is 11.1 Å². The molecular weight excluding hydrogens is 304 g/mol. The molecule has 0 spiro atoms. The van der Waals surface area contributed by atoms with E-state index in [-0.39, 0.29) is 5.57 Å². The number of methoxy groups -OCH3 is 2. The predicted molar refractivity (Wildman–Crippen MR) is 86.5 cm³/mol. The quantitative estimate of drug-likeness (QED) is 0.669. The zero-order chi connectivity index (χ0) is 16.1. The number of hydrogen-bond acceptors (Lipinski definition) is 3. The fourth-order valence-electron chi connectivity index (χ4n) is 1.98. The third-order valence-corrected chi connectivity index (χ3v) is 3.32. The minimum Gasteiger partial charge on any atom is -0.497 e. The molecule has 1 N–H and O–H groups in total. The molecule has 0 saturated heterocycles. The minimum absolute atomic E-state index is 0.159. The Morgan fingerprint density at radius 2 is 1.59 bits per heavy atom. The van der Waals surface area contributed by atoms with Crippen molar-refractivity contribution in [2.75, 3.05) is 14.2 Å². The van der Waals surface area contributed by atoms with E-state index in [0.717, 1.165) is 0 Å². The van der Waals surface area contributed by atoms with Gasteiger partial charge in [0.1, 0.15) is 11.5 Å². The van der Waals surface area contributed by atoms with Crippen LogP contribution < -0.4 is 9.47 Å². The lowest BCUT2D eigenvalue weighted by molar-refractivity contribution is -0.130. The number of carboxylic acids is 1. The Morgan fingerprint density at radius 1 is 1.05 bits per heavy atom. The standard InChI is InChI=1S/C17H15ClO4/c1-21-14-7-11(8-15(10-14)22-2)9-16(17(19)20)12-3-5-13(18)6-4-12/h3-10H,1-2H3,(H,19,20)/b16-9+. The monoisotopic (exact) mass is 318 g/mol. The van der Waals surface area contributed by atoms with Crippen molar-refractivity contribution < 1.29 is 19.4 Å². The van der Waals surface area contributed by atoms with Gasteiger partial charge in [-0.05, 0) is 41.5 Å². The van der Waals surface area contributed by atoms with E-state index in [4.69, 9.17) is 21.1 Å². The van der Waals surface area contributed by atoms with E-state index >= 15 is 0 Å². The molecule has 5 heteroatoms. The van der Waals surface area contributed by atoms with E-state index in [0.29, 0.717) is 27.6 Å². The highest BCUT2D eigenvalue weighted by molar-refractivity contribution is 6.30. The number of ether oxygens (including phenoxy) is 2. The summed E-state index contributed by atoms with van der Waals surface area (Å²) in [5.41, 5.74) is 1.40. The van der Waals surface area contributed by atoms with Crippen molar-refractivity contribution in [1.29, 1.82) is 0 Å². The number of hydrogen-bond donors (Lipinski definition) is 1. The van der Waals surface area contributed by atoms with Crippen LogP contribution >= 0.6 is 11.6 Å². The Kier molecular flexibility index (Phi) is 5.07. The van der Waals surface area contributed by atoms with Crippen molar-refractivity contribution in [1.82, 2.24) is 0 Å². The molecule has 0 aliphatic rings. The van der Waals surface area contributed by atoms with E-state index in [2.05, 4.69) is 0 Å². The van der Waals surface area contributed by atoms with Crippen molar-refractivity contribution in [3.05, 3.63) is 58.6 Å². The summed E-state index contributed by atoms with van der Waals surface area (Å²) in [5, 5.41) is 10.00. The maximum atomic E-state index is 11.5. The first-order valence-electron chi connectivity index (χ1n) is 6.47. The van der Waals surface area contributed by atoms with Crippen molar-refractivity contribution in [2.45, 2.75) is 0 Å². The number of aliphatic carboxylic acids is 1. The molecule has 0 unspecified atom stereocenters. The van der Waals surface area contributed by atoms with E-state index in [1.165, 1.54) is 0 Å². The lowest BCUT2D eigenvalue weighted by atomic mass is 10.0. The largest absolute Gasteiger partial charge is 0.497 e. The summed E-state index contributed by atoms with van der Waals surface area (Å²) >= 11 is 5.84. The van der Waals surface area contributed by atoms with Crippen LogP contribution in [0.5, 0.6) is 11.5 Å². The van der Waals surface area contributed by atoms with E-state index in [1.807, 2.05) is 0 Å². The first-order chi connectivity index (χ1) is 10.5.